The van der Waals surface area contributed by atoms with Gasteiger partial charge < -0.3 is 9.84 Å². The van der Waals surface area contributed by atoms with Crippen LogP contribution in [0.1, 0.15) is 18.4 Å². The van der Waals surface area contributed by atoms with Crippen molar-refractivity contribution in [2.75, 3.05) is 13.7 Å². The molecular formula is C12H15FO2. The standard InChI is InChI=1S/C12H15FO2/c1-15-11-3-2-10(13)6-9(11)7-12(8-14)4-5-12/h2-3,6,14H,4-5,7-8H2,1H3. The molecule has 1 saturated carbocycles. The minimum absolute atomic E-state index is 0.0128. The number of rotatable bonds is 4. The summed E-state index contributed by atoms with van der Waals surface area (Å²) in [6.07, 6.45) is 2.73. The highest BCUT2D eigenvalue weighted by atomic mass is 19.1. The van der Waals surface area contributed by atoms with Gasteiger partial charge >= 0.3 is 0 Å². The summed E-state index contributed by atoms with van der Waals surface area (Å²) < 4.78 is 18.2. The van der Waals surface area contributed by atoms with Crippen molar-refractivity contribution in [3.05, 3.63) is 29.6 Å². The molecule has 1 fully saturated rings. The lowest BCUT2D eigenvalue weighted by molar-refractivity contribution is 0.210. The first-order chi connectivity index (χ1) is 7.19. The smallest absolute Gasteiger partial charge is 0.123 e. The van der Waals surface area contributed by atoms with Gasteiger partial charge in [0.1, 0.15) is 11.6 Å². The molecule has 2 rings (SSSR count). The summed E-state index contributed by atoms with van der Waals surface area (Å²) in [6, 6.07) is 4.52. The van der Waals surface area contributed by atoms with Gasteiger partial charge in [0.25, 0.3) is 0 Å². The molecular weight excluding hydrogens is 195 g/mol. The van der Waals surface area contributed by atoms with Gasteiger partial charge in [0, 0.05) is 6.61 Å². The lowest BCUT2D eigenvalue weighted by Crippen LogP contribution is -2.11. The van der Waals surface area contributed by atoms with Crippen LogP contribution in [0.25, 0.3) is 0 Å². The van der Waals surface area contributed by atoms with E-state index >= 15 is 0 Å². The Kier molecular flexibility index (Phi) is 2.65. The molecule has 1 aliphatic carbocycles. The van der Waals surface area contributed by atoms with Crippen molar-refractivity contribution in [2.45, 2.75) is 19.3 Å². The van der Waals surface area contributed by atoms with Gasteiger partial charge in [-0.3, -0.25) is 0 Å². The molecule has 0 heterocycles. The van der Waals surface area contributed by atoms with Crippen LogP contribution in [0.5, 0.6) is 5.75 Å². The average Bonchev–Trinajstić information content (AvgIpc) is 2.99. The predicted octanol–water partition coefficient (Wildman–Crippen LogP) is 2.15. The number of hydrogen-bond acceptors (Lipinski definition) is 2. The monoisotopic (exact) mass is 210 g/mol. The molecule has 0 saturated heterocycles. The highest BCUT2D eigenvalue weighted by molar-refractivity contribution is 5.35. The Bertz CT molecular complexity index is 359. The van der Waals surface area contributed by atoms with E-state index in [0.29, 0.717) is 12.2 Å². The van der Waals surface area contributed by atoms with E-state index in [2.05, 4.69) is 0 Å². The Balaban J connectivity index is 2.22. The van der Waals surface area contributed by atoms with E-state index in [9.17, 15) is 9.50 Å². The Hall–Kier alpha value is -1.09. The van der Waals surface area contributed by atoms with Gasteiger partial charge in [-0.1, -0.05) is 0 Å². The van der Waals surface area contributed by atoms with E-state index in [4.69, 9.17) is 4.74 Å². The second kappa shape index (κ2) is 3.81. The normalized spacial score (nSPS) is 17.5. The number of hydrogen-bond donors (Lipinski definition) is 1. The van der Waals surface area contributed by atoms with Crippen molar-refractivity contribution >= 4 is 0 Å². The Morgan fingerprint density at radius 2 is 2.20 bits per heavy atom. The maximum atomic E-state index is 13.1. The Labute approximate surface area is 88.7 Å². The zero-order valence-electron chi connectivity index (χ0n) is 8.79. The van der Waals surface area contributed by atoms with E-state index in [1.165, 1.54) is 12.1 Å². The van der Waals surface area contributed by atoms with E-state index in [1.54, 1.807) is 13.2 Å². The molecule has 1 N–H and O–H groups in total. The molecule has 1 aromatic carbocycles. The summed E-state index contributed by atoms with van der Waals surface area (Å²) in [5.74, 6) is 0.454. The number of methoxy groups -OCH3 is 1. The van der Waals surface area contributed by atoms with Crippen LogP contribution in [-0.4, -0.2) is 18.8 Å². The van der Waals surface area contributed by atoms with Crippen molar-refractivity contribution in [1.82, 2.24) is 0 Å². The van der Waals surface area contributed by atoms with Gasteiger partial charge in [0.15, 0.2) is 0 Å². The number of aliphatic hydroxyl groups is 1. The zero-order valence-corrected chi connectivity index (χ0v) is 8.79. The molecule has 0 amide bonds. The molecule has 0 bridgehead atoms. The highest BCUT2D eigenvalue weighted by Crippen LogP contribution is 2.48. The number of aliphatic hydroxyl groups excluding tert-OH is 1. The van der Waals surface area contributed by atoms with E-state index in [1.807, 2.05) is 0 Å². The molecule has 1 aromatic rings. The Morgan fingerprint density at radius 3 is 2.73 bits per heavy atom. The van der Waals surface area contributed by atoms with Crippen molar-refractivity contribution in [2.24, 2.45) is 5.41 Å². The van der Waals surface area contributed by atoms with Gasteiger partial charge in [0.2, 0.25) is 0 Å². The lowest BCUT2D eigenvalue weighted by Gasteiger charge is -2.14. The fourth-order valence-corrected chi connectivity index (χ4v) is 1.86. The van der Waals surface area contributed by atoms with Gasteiger partial charge in [-0.25, -0.2) is 4.39 Å². The van der Waals surface area contributed by atoms with Gasteiger partial charge in [-0.15, -0.1) is 0 Å². The van der Waals surface area contributed by atoms with Gasteiger partial charge in [0.05, 0.1) is 7.11 Å². The second-order valence-electron chi connectivity index (χ2n) is 4.29. The SMILES string of the molecule is COc1ccc(F)cc1CC1(CO)CC1. The third kappa shape index (κ3) is 2.12. The molecule has 0 spiro atoms. The number of halogens is 1. The van der Waals surface area contributed by atoms with Gasteiger partial charge in [-0.05, 0) is 48.4 Å². The van der Waals surface area contributed by atoms with Crippen LogP contribution >= 0.6 is 0 Å². The molecule has 1 aliphatic rings. The van der Waals surface area contributed by atoms with Crippen molar-refractivity contribution < 1.29 is 14.2 Å². The molecule has 0 atom stereocenters. The first kappa shape index (κ1) is 10.4. The fourth-order valence-electron chi connectivity index (χ4n) is 1.86. The lowest BCUT2D eigenvalue weighted by atomic mass is 9.97. The summed E-state index contributed by atoms with van der Waals surface area (Å²) >= 11 is 0. The minimum atomic E-state index is -0.250. The molecule has 15 heavy (non-hydrogen) atoms. The largest absolute Gasteiger partial charge is 0.496 e. The first-order valence-corrected chi connectivity index (χ1v) is 5.12. The number of benzene rings is 1. The zero-order chi connectivity index (χ0) is 10.9. The van der Waals surface area contributed by atoms with Crippen LogP contribution in [0.2, 0.25) is 0 Å². The fraction of sp³-hybridized carbons (Fsp3) is 0.500. The van der Waals surface area contributed by atoms with Crippen molar-refractivity contribution in [1.29, 1.82) is 0 Å². The van der Waals surface area contributed by atoms with Crippen LogP contribution in [-0.2, 0) is 6.42 Å². The molecule has 82 valence electrons. The Morgan fingerprint density at radius 1 is 1.47 bits per heavy atom. The van der Waals surface area contributed by atoms with Crippen LogP contribution < -0.4 is 4.74 Å². The first-order valence-electron chi connectivity index (χ1n) is 5.12. The molecule has 3 heteroatoms. The summed E-state index contributed by atoms with van der Waals surface area (Å²) in [6.45, 7) is 0.173. The molecule has 2 nitrogen and oxygen atoms in total. The highest BCUT2D eigenvalue weighted by Gasteiger charge is 2.42. The summed E-state index contributed by atoms with van der Waals surface area (Å²) in [5, 5.41) is 9.22. The van der Waals surface area contributed by atoms with E-state index in [-0.39, 0.29) is 17.8 Å². The molecule has 0 aliphatic heterocycles. The van der Waals surface area contributed by atoms with Gasteiger partial charge in [-0.2, -0.15) is 0 Å². The van der Waals surface area contributed by atoms with Crippen molar-refractivity contribution in [3.63, 3.8) is 0 Å². The third-order valence-electron chi connectivity index (χ3n) is 3.10. The van der Waals surface area contributed by atoms with Crippen molar-refractivity contribution in [3.8, 4) is 5.75 Å². The maximum absolute atomic E-state index is 13.1. The van der Waals surface area contributed by atoms with Crippen LogP contribution in [0, 0.1) is 11.2 Å². The summed E-state index contributed by atoms with van der Waals surface area (Å²) in [4.78, 5) is 0. The minimum Gasteiger partial charge on any atom is -0.496 e. The van der Waals surface area contributed by atoms with Crippen LogP contribution in [0.3, 0.4) is 0 Å². The molecule has 0 radical (unpaired) electrons. The third-order valence-corrected chi connectivity index (χ3v) is 3.10. The topological polar surface area (TPSA) is 29.5 Å². The second-order valence-corrected chi connectivity index (χ2v) is 4.29. The van der Waals surface area contributed by atoms with E-state index < -0.39 is 0 Å². The maximum Gasteiger partial charge on any atom is 0.123 e. The average molecular weight is 210 g/mol. The summed E-state index contributed by atoms with van der Waals surface area (Å²) in [7, 11) is 1.58. The number of ether oxygens (including phenoxy) is 1. The van der Waals surface area contributed by atoms with Crippen LogP contribution in [0.4, 0.5) is 4.39 Å². The molecule has 0 unspecified atom stereocenters. The summed E-state index contributed by atoms with van der Waals surface area (Å²) in [5.41, 5.74) is 0.838. The predicted molar refractivity (Wildman–Crippen MR) is 55.4 cm³/mol. The quantitative estimate of drug-likeness (QED) is 0.825. The molecule has 0 aromatic heterocycles. The van der Waals surface area contributed by atoms with E-state index in [0.717, 1.165) is 18.4 Å². The van der Waals surface area contributed by atoms with Crippen LogP contribution in [0.15, 0.2) is 18.2 Å².